The van der Waals surface area contributed by atoms with E-state index in [0.717, 1.165) is 4.90 Å². The van der Waals surface area contributed by atoms with E-state index in [1.54, 1.807) is 58.0 Å². The standard InChI is InChI=1S/C45H71N7O10/c1-12-16-34(53)48-36(26(6)7)41(57)50-38-28(10)62-45(61)37(27(8)9)49-40(56)32(23-29-17-14-13-15-18-29)51(11)44(60)33(22-25(4)5)52-35(54)20-19-30(43(52)59)46-39(55)31(21-24(2)3)47-42(38)58/h13-15,17-18,24-28,30-33,35-38,54H,12,16,19-23H2,1-11H3,(H,46,55)(H,47,58)(H,48,53)(H,49,56)(H,50,57). The number of carbonyl (C=O) groups is 8. The van der Waals surface area contributed by atoms with Gasteiger partial charge in [-0.15, -0.1) is 0 Å². The average molecular weight is 870 g/mol. The Bertz CT molecular complexity index is 1740. The van der Waals surface area contributed by atoms with Crippen molar-refractivity contribution in [3.05, 3.63) is 35.9 Å². The Morgan fingerprint density at radius 1 is 0.823 bits per heavy atom. The molecule has 9 unspecified atom stereocenters. The van der Waals surface area contributed by atoms with Gasteiger partial charge in [0.2, 0.25) is 41.4 Å². The first-order chi connectivity index (χ1) is 29.1. The fourth-order valence-electron chi connectivity index (χ4n) is 7.77. The molecule has 2 heterocycles. The van der Waals surface area contributed by atoms with Gasteiger partial charge in [0.15, 0.2) is 0 Å². The molecule has 346 valence electrons. The predicted octanol–water partition coefficient (Wildman–Crippen LogP) is 1.94. The van der Waals surface area contributed by atoms with Gasteiger partial charge in [-0.05, 0) is 68.3 Å². The van der Waals surface area contributed by atoms with Crippen molar-refractivity contribution in [2.24, 2.45) is 23.7 Å². The summed E-state index contributed by atoms with van der Waals surface area (Å²) in [5, 5.41) is 25.0. The van der Waals surface area contributed by atoms with Crippen LogP contribution in [0.1, 0.15) is 113 Å². The van der Waals surface area contributed by atoms with Gasteiger partial charge in [0.25, 0.3) is 0 Å². The largest absolute Gasteiger partial charge is 0.458 e. The van der Waals surface area contributed by atoms with Crippen molar-refractivity contribution in [3.63, 3.8) is 0 Å². The molecule has 2 fully saturated rings. The van der Waals surface area contributed by atoms with E-state index in [-0.39, 0.29) is 56.3 Å². The second-order valence-corrected chi connectivity index (χ2v) is 18.3. The Balaban J connectivity index is 2.22. The molecule has 2 saturated heterocycles. The van der Waals surface area contributed by atoms with Gasteiger partial charge in [0, 0.05) is 19.9 Å². The number of nitrogens with zero attached hydrogens (tertiary/aromatic N) is 2. The zero-order valence-electron chi connectivity index (χ0n) is 38.4. The van der Waals surface area contributed by atoms with E-state index in [1.165, 1.54) is 18.9 Å². The average Bonchev–Trinajstić information content (AvgIpc) is 3.19. The quantitative estimate of drug-likeness (QED) is 0.158. The van der Waals surface area contributed by atoms with Crippen molar-refractivity contribution in [1.29, 1.82) is 0 Å². The summed E-state index contributed by atoms with van der Waals surface area (Å²) >= 11 is 0. The molecule has 0 spiro atoms. The Labute approximate surface area is 366 Å². The first kappa shape index (κ1) is 51.3. The lowest BCUT2D eigenvalue weighted by molar-refractivity contribution is -0.166. The van der Waals surface area contributed by atoms with Crippen LogP contribution in [-0.2, 0) is 49.5 Å². The van der Waals surface area contributed by atoms with Gasteiger partial charge in [0.05, 0.1) is 0 Å². The molecule has 0 saturated carbocycles. The monoisotopic (exact) mass is 870 g/mol. The van der Waals surface area contributed by atoms with E-state index in [4.69, 9.17) is 4.74 Å². The highest BCUT2D eigenvalue weighted by molar-refractivity contribution is 5.98. The number of aliphatic hydroxyl groups is 1. The zero-order chi connectivity index (χ0) is 46.6. The summed E-state index contributed by atoms with van der Waals surface area (Å²) in [5.41, 5.74) is 0.700. The van der Waals surface area contributed by atoms with Crippen molar-refractivity contribution in [2.45, 2.75) is 169 Å². The minimum Gasteiger partial charge on any atom is -0.458 e. The Hall–Kier alpha value is -5.06. The fourth-order valence-corrected chi connectivity index (χ4v) is 7.77. The van der Waals surface area contributed by atoms with Crippen LogP contribution in [0.5, 0.6) is 0 Å². The molecule has 2 aliphatic heterocycles. The molecule has 1 aromatic carbocycles. The number of rotatable bonds is 13. The number of fused-ring (bicyclic) bond motifs is 2. The summed E-state index contributed by atoms with van der Waals surface area (Å²) in [6.07, 6.45) is -1.78. The predicted molar refractivity (Wildman–Crippen MR) is 231 cm³/mol. The lowest BCUT2D eigenvalue weighted by Crippen LogP contribution is -2.65. The summed E-state index contributed by atoms with van der Waals surface area (Å²) < 4.78 is 5.89. The van der Waals surface area contributed by atoms with Crippen molar-refractivity contribution in [2.75, 3.05) is 7.05 Å². The number of likely N-dealkylation sites (N-methyl/N-ethyl adjacent to an activating group) is 1. The van der Waals surface area contributed by atoms with Crippen LogP contribution in [-0.4, -0.2) is 124 Å². The highest BCUT2D eigenvalue weighted by atomic mass is 16.5. The van der Waals surface area contributed by atoms with E-state index < -0.39 is 108 Å². The van der Waals surface area contributed by atoms with Crippen LogP contribution in [0, 0.1) is 23.7 Å². The molecule has 17 nitrogen and oxygen atoms in total. The van der Waals surface area contributed by atoms with Crippen molar-refractivity contribution in [1.82, 2.24) is 36.4 Å². The van der Waals surface area contributed by atoms with Gasteiger partial charge in [-0.1, -0.05) is 92.6 Å². The van der Waals surface area contributed by atoms with Crippen molar-refractivity contribution < 1.29 is 48.2 Å². The summed E-state index contributed by atoms with van der Waals surface area (Å²) in [4.78, 5) is 115. The number of cyclic esters (lactones) is 1. The normalized spacial score (nSPS) is 26.6. The maximum absolute atomic E-state index is 14.7. The topological polar surface area (TPSA) is 233 Å². The number of ether oxygens (including phenoxy) is 1. The molecule has 17 heteroatoms. The van der Waals surface area contributed by atoms with Crippen LogP contribution in [0.15, 0.2) is 30.3 Å². The van der Waals surface area contributed by atoms with Gasteiger partial charge < -0.3 is 46.2 Å². The SMILES string of the molecule is CCCC(=O)NC(C(=O)NC1C(=O)NC(CC(C)C)C(=O)NC2CCC(O)N(C2=O)C(CC(C)C)C(=O)N(C)C(Cc2ccccc2)C(=O)NC(C(C)C)C(=O)OC1C)C(C)C. The van der Waals surface area contributed by atoms with E-state index >= 15 is 0 Å². The molecule has 2 bridgehead atoms. The molecule has 0 aromatic heterocycles. The fraction of sp³-hybridized carbons (Fsp3) is 0.689. The van der Waals surface area contributed by atoms with Gasteiger partial charge in [-0.2, -0.15) is 0 Å². The second kappa shape index (κ2) is 23.4. The molecule has 9 atom stereocenters. The maximum atomic E-state index is 14.7. The Kier molecular flexibility index (Phi) is 19.4. The Morgan fingerprint density at radius 3 is 2.02 bits per heavy atom. The number of carbonyl (C=O) groups excluding carboxylic acids is 8. The van der Waals surface area contributed by atoms with Gasteiger partial charge in [-0.25, -0.2) is 4.79 Å². The third kappa shape index (κ3) is 14.0. The van der Waals surface area contributed by atoms with E-state index in [1.807, 2.05) is 34.6 Å². The van der Waals surface area contributed by atoms with Crippen LogP contribution in [0.25, 0.3) is 0 Å². The van der Waals surface area contributed by atoms with Crippen LogP contribution in [0.4, 0.5) is 0 Å². The second-order valence-electron chi connectivity index (χ2n) is 18.3. The van der Waals surface area contributed by atoms with Crippen molar-refractivity contribution in [3.8, 4) is 0 Å². The molecule has 62 heavy (non-hydrogen) atoms. The Morgan fingerprint density at radius 2 is 1.45 bits per heavy atom. The van der Waals surface area contributed by atoms with Crippen LogP contribution >= 0.6 is 0 Å². The number of benzene rings is 1. The smallest absolute Gasteiger partial charge is 0.329 e. The number of aliphatic hydroxyl groups excluding tert-OH is 1. The number of nitrogens with one attached hydrogen (secondary N) is 5. The minimum absolute atomic E-state index is 0.0182. The summed E-state index contributed by atoms with van der Waals surface area (Å²) in [5.74, 6) is -6.97. The molecule has 7 amide bonds. The molecular weight excluding hydrogens is 799 g/mol. The van der Waals surface area contributed by atoms with Crippen LogP contribution in [0.3, 0.4) is 0 Å². The summed E-state index contributed by atoms with van der Waals surface area (Å²) in [7, 11) is 1.44. The lowest BCUT2D eigenvalue weighted by atomic mass is 9.94. The maximum Gasteiger partial charge on any atom is 0.329 e. The molecule has 0 aliphatic carbocycles. The molecule has 6 N–H and O–H groups in total. The van der Waals surface area contributed by atoms with E-state index in [9.17, 15) is 43.5 Å². The number of hydrogen-bond donors (Lipinski definition) is 6. The van der Waals surface area contributed by atoms with Crippen LogP contribution < -0.4 is 26.6 Å². The first-order valence-electron chi connectivity index (χ1n) is 22.1. The molecule has 2 aliphatic rings. The highest BCUT2D eigenvalue weighted by Crippen LogP contribution is 2.26. The number of esters is 1. The van der Waals surface area contributed by atoms with Crippen molar-refractivity contribution >= 4 is 47.3 Å². The molecule has 3 rings (SSSR count). The number of hydrogen-bond acceptors (Lipinski definition) is 10. The number of amides is 7. The summed E-state index contributed by atoms with van der Waals surface area (Å²) in [6, 6.07) is 0.0947. The highest BCUT2D eigenvalue weighted by Gasteiger charge is 2.46. The molecular formula is C45H71N7O10. The summed E-state index contributed by atoms with van der Waals surface area (Å²) in [6.45, 7) is 17.4. The third-order valence-corrected chi connectivity index (χ3v) is 11.3. The van der Waals surface area contributed by atoms with Gasteiger partial charge in [-0.3, -0.25) is 33.6 Å². The first-order valence-corrected chi connectivity index (χ1v) is 22.1. The van der Waals surface area contributed by atoms with E-state index in [2.05, 4.69) is 26.6 Å². The van der Waals surface area contributed by atoms with Crippen LogP contribution in [0.2, 0.25) is 0 Å². The molecule has 0 radical (unpaired) electrons. The van der Waals surface area contributed by atoms with E-state index in [0.29, 0.717) is 12.0 Å². The lowest BCUT2D eigenvalue weighted by Gasteiger charge is -2.43. The van der Waals surface area contributed by atoms with Gasteiger partial charge in [0.1, 0.15) is 54.6 Å². The minimum atomic E-state index is -1.60. The molecule has 1 aromatic rings. The third-order valence-electron chi connectivity index (χ3n) is 11.3. The number of piperidine rings is 1. The van der Waals surface area contributed by atoms with Gasteiger partial charge >= 0.3 is 5.97 Å². The zero-order valence-corrected chi connectivity index (χ0v) is 38.4.